The number of nitrogens with one attached hydrogen (secondary N) is 1. The van der Waals surface area contributed by atoms with E-state index >= 15 is 0 Å². The Hall–Kier alpha value is -3.12. The first-order valence-electron chi connectivity index (χ1n) is 12.4. The number of rotatable bonds is 9. The Morgan fingerprint density at radius 1 is 0.923 bits per heavy atom. The van der Waals surface area contributed by atoms with Crippen LogP contribution in [0.15, 0.2) is 76.5 Å². The molecule has 12 heteroatoms. The van der Waals surface area contributed by atoms with Crippen molar-refractivity contribution in [3.63, 3.8) is 0 Å². The molecule has 1 fully saturated rings. The molecule has 3 aromatic carbocycles. The van der Waals surface area contributed by atoms with Gasteiger partial charge in [-0.2, -0.15) is 4.31 Å². The molecule has 1 heterocycles. The van der Waals surface area contributed by atoms with Crippen LogP contribution in [0.4, 0.5) is 11.4 Å². The van der Waals surface area contributed by atoms with Gasteiger partial charge in [0.25, 0.3) is 10.0 Å². The molecule has 1 aliphatic rings. The van der Waals surface area contributed by atoms with Gasteiger partial charge in [0.1, 0.15) is 12.3 Å². The van der Waals surface area contributed by atoms with Crippen molar-refractivity contribution < 1.29 is 26.4 Å². The molecule has 1 N–H and O–H groups in total. The smallest absolute Gasteiger partial charge is 0.264 e. The lowest BCUT2D eigenvalue weighted by atomic mass is 10.2. The minimum Gasteiger partial charge on any atom is -0.495 e. The molecule has 0 spiro atoms. The SMILES string of the molecule is COc1ccc(S(=O)(=O)N2CCCCC2)cc1NC(=O)CN(c1ccc(C)cc1)S(=O)(=O)c1ccc(Cl)cc1. The summed E-state index contributed by atoms with van der Waals surface area (Å²) in [6, 6.07) is 16.6. The molecule has 0 aromatic heterocycles. The largest absolute Gasteiger partial charge is 0.495 e. The van der Waals surface area contributed by atoms with Crippen molar-refractivity contribution in [3.05, 3.63) is 77.3 Å². The number of sulfonamides is 2. The van der Waals surface area contributed by atoms with Gasteiger partial charge in [0.2, 0.25) is 15.9 Å². The maximum Gasteiger partial charge on any atom is 0.264 e. The van der Waals surface area contributed by atoms with Gasteiger partial charge in [0.15, 0.2) is 0 Å². The molecule has 39 heavy (non-hydrogen) atoms. The van der Waals surface area contributed by atoms with Gasteiger partial charge in [-0.05, 0) is 74.4 Å². The summed E-state index contributed by atoms with van der Waals surface area (Å²) in [5, 5.41) is 3.02. The van der Waals surface area contributed by atoms with Gasteiger partial charge in [-0.3, -0.25) is 9.10 Å². The zero-order valence-corrected chi connectivity index (χ0v) is 24.0. The van der Waals surface area contributed by atoms with E-state index in [0.29, 0.717) is 23.8 Å². The Balaban J connectivity index is 1.65. The monoisotopic (exact) mass is 591 g/mol. The van der Waals surface area contributed by atoms with Crippen LogP contribution in [-0.2, 0) is 24.8 Å². The second kappa shape index (κ2) is 12.0. The molecule has 0 atom stereocenters. The van der Waals surface area contributed by atoms with E-state index in [4.69, 9.17) is 16.3 Å². The normalized spacial score (nSPS) is 14.5. The van der Waals surface area contributed by atoms with E-state index in [1.807, 2.05) is 6.92 Å². The Kier molecular flexibility index (Phi) is 8.85. The van der Waals surface area contributed by atoms with Crippen LogP contribution in [0.1, 0.15) is 24.8 Å². The number of ether oxygens (including phenoxy) is 1. The minimum atomic E-state index is -4.15. The number of methoxy groups -OCH3 is 1. The molecule has 1 saturated heterocycles. The average Bonchev–Trinajstić information content (AvgIpc) is 2.93. The highest BCUT2D eigenvalue weighted by molar-refractivity contribution is 7.92. The standard InChI is InChI=1S/C27H30ClN3O6S2/c1-20-6-10-22(11-7-20)31(39(35,36)23-12-8-21(28)9-13-23)19-27(32)29-25-18-24(14-15-26(25)37-2)38(33,34)30-16-4-3-5-17-30/h6-15,18H,3-5,16-17,19H2,1-2H3,(H,29,32). The third-order valence-electron chi connectivity index (χ3n) is 6.41. The van der Waals surface area contributed by atoms with Gasteiger partial charge in [0.05, 0.1) is 28.3 Å². The third-order valence-corrected chi connectivity index (χ3v) is 10.3. The van der Waals surface area contributed by atoms with Crippen molar-refractivity contribution in [3.8, 4) is 5.75 Å². The number of piperidine rings is 1. The van der Waals surface area contributed by atoms with Gasteiger partial charge < -0.3 is 10.1 Å². The fourth-order valence-corrected chi connectivity index (χ4v) is 7.37. The predicted molar refractivity (Wildman–Crippen MR) is 151 cm³/mol. The van der Waals surface area contributed by atoms with E-state index in [2.05, 4.69) is 5.32 Å². The summed E-state index contributed by atoms with van der Waals surface area (Å²) in [6.07, 6.45) is 2.55. The van der Waals surface area contributed by atoms with Gasteiger partial charge in [-0.25, -0.2) is 16.8 Å². The maximum absolute atomic E-state index is 13.6. The molecule has 1 aliphatic heterocycles. The van der Waals surface area contributed by atoms with Crippen molar-refractivity contribution in [2.24, 2.45) is 0 Å². The van der Waals surface area contributed by atoms with Gasteiger partial charge >= 0.3 is 0 Å². The van der Waals surface area contributed by atoms with Gasteiger partial charge in [-0.1, -0.05) is 35.7 Å². The van der Waals surface area contributed by atoms with E-state index in [-0.39, 0.29) is 21.2 Å². The number of amides is 1. The van der Waals surface area contributed by atoms with Crippen molar-refractivity contribution >= 4 is 48.9 Å². The summed E-state index contributed by atoms with van der Waals surface area (Å²) in [6.45, 7) is 2.17. The number of nitrogens with zero attached hydrogens (tertiary/aromatic N) is 2. The number of hydrogen-bond acceptors (Lipinski definition) is 6. The number of hydrogen-bond donors (Lipinski definition) is 1. The molecular weight excluding hydrogens is 562 g/mol. The molecule has 0 bridgehead atoms. The summed E-state index contributed by atoms with van der Waals surface area (Å²) in [7, 11) is -6.53. The fourth-order valence-electron chi connectivity index (χ4n) is 4.28. The highest BCUT2D eigenvalue weighted by Gasteiger charge is 2.29. The van der Waals surface area contributed by atoms with Crippen molar-refractivity contribution in [1.29, 1.82) is 0 Å². The Morgan fingerprint density at radius 3 is 2.15 bits per heavy atom. The fraction of sp³-hybridized carbons (Fsp3) is 0.296. The van der Waals surface area contributed by atoms with Gasteiger partial charge in [-0.15, -0.1) is 0 Å². The van der Waals surface area contributed by atoms with Crippen LogP contribution in [0.5, 0.6) is 5.75 Å². The number of benzene rings is 3. The van der Waals surface area contributed by atoms with Crippen LogP contribution in [0.2, 0.25) is 5.02 Å². The van der Waals surface area contributed by atoms with Crippen LogP contribution in [0.3, 0.4) is 0 Å². The number of carbonyl (C=O) groups excluding carboxylic acids is 1. The van der Waals surface area contributed by atoms with Crippen LogP contribution in [0.25, 0.3) is 0 Å². The van der Waals surface area contributed by atoms with Crippen molar-refractivity contribution in [2.75, 3.05) is 36.4 Å². The van der Waals surface area contributed by atoms with Crippen molar-refractivity contribution in [1.82, 2.24) is 4.31 Å². The molecule has 0 radical (unpaired) electrons. The number of halogens is 1. The number of aryl methyl sites for hydroxylation is 1. The first-order valence-corrected chi connectivity index (χ1v) is 15.6. The second-order valence-corrected chi connectivity index (χ2v) is 13.4. The first-order chi connectivity index (χ1) is 18.5. The molecule has 1 amide bonds. The van der Waals surface area contributed by atoms with Crippen LogP contribution >= 0.6 is 11.6 Å². The van der Waals surface area contributed by atoms with E-state index < -0.39 is 32.5 Å². The Labute approximate surface area is 234 Å². The lowest BCUT2D eigenvalue weighted by molar-refractivity contribution is -0.114. The molecule has 0 unspecified atom stereocenters. The van der Waals surface area contributed by atoms with E-state index in [1.54, 1.807) is 24.3 Å². The Morgan fingerprint density at radius 2 is 1.54 bits per heavy atom. The topological polar surface area (TPSA) is 113 Å². The van der Waals surface area contributed by atoms with Crippen LogP contribution in [-0.4, -0.2) is 53.8 Å². The molecule has 9 nitrogen and oxygen atoms in total. The quantitative estimate of drug-likeness (QED) is 0.387. The summed E-state index contributed by atoms with van der Waals surface area (Å²) < 4.78 is 61.4. The highest BCUT2D eigenvalue weighted by atomic mass is 35.5. The molecule has 3 aromatic rings. The Bertz CT molecular complexity index is 1540. The maximum atomic E-state index is 13.6. The first kappa shape index (κ1) is 28.9. The summed E-state index contributed by atoms with van der Waals surface area (Å²) in [5.74, 6) is -0.442. The van der Waals surface area contributed by atoms with Gasteiger partial charge in [0, 0.05) is 18.1 Å². The molecular formula is C27H30ClN3O6S2. The lowest BCUT2D eigenvalue weighted by Crippen LogP contribution is -2.38. The third kappa shape index (κ3) is 6.55. The highest BCUT2D eigenvalue weighted by Crippen LogP contribution is 2.31. The van der Waals surface area contributed by atoms with E-state index in [9.17, 15) is 21.6 Å². The zero-order chi connectivity index (χ0) is 28.2. The van der Waals surface area contributed by atoms with Crippen LogP contribution in [0, 0.1) is 6.92 Å². The summed E-state index contributed by atoms with van der Waals surface area (Å²) in [4.78, 5) is 13.3. The molecule has 0 aliphatic carbocycles. The average molecular weight is 592 g/mol. The lowest BCUT2D eigenvalue weighted by Gasteiger charge is -2.26. The number of carbonyl (C=O) groups is 1. The zero-order valence-electron chi connectivity index (χ0n) is 21.6. The van der Waals surface area contributed by atoms with E-state index in [0.717, 1.165) is 29.1 Å². The van der Waals surface area contributed by atoms with E-state index in [1.165, 1.54) is 53.9 Å². The summed E-state index contributed by atoms with van der Waals surface area (Å²) >= 11 is 5.94. The molecule has 208 valence electrons. The van der Waals surface area contributed by atoms with Crippen molar-refractivity contribution in [2.45, 2.75) is 36.0 Å². The second-order valence-electron chi connectivity index (χ2n) is 9.18. The predicted octanol–water partition coefficient (Wildman–Crippen LogP) is 4.67. The molecule has 0 saturated carbocycles. The minimum absolute atomic E-state index is 0.0182. The molecule has 4 rings (SSSR count). The van der Waals surface area contributed by atoms with Crippen LogP contribution < -0.4 is 14.4 Å². The number of anilines is 2. The summed E-state index contributed by atoms with van der Waals surface area (Å²) in [5.41, 5.74) is 1.33.